The molecule has 1 aromatic rings. The van der Waals surface area contributed by atoms with Gasteiger partial charge in [-0.05, 0) is 41.3 Å². The zero-order valence-corrected chi connectivity index (χ0v) is 10.5. The number of hydrogen-bond acceptors (Lipinski definition) is 2. The van der Waals surface area contributed by atoms with Crippen molar-refractivity contribution in [3.8, 4) is 11.8 Å². The van der Waals surface area contributed by atoms with Crippen LogP contribution in [0.3, 0.4) is 0 Å². The number of halogens is 2. The highest BCUT2D eigenvalue weighted by Crippen LogP contribution is 2.45. The van der Waals surface area contributed by atoms with Crippen LogP contribution in [0.4, 0.5) is 4.39 Å². The normalized spacial score (nSPS) is 17.4. The summed E-state index contributed by atoms with van der Waals surface area (Å²) in [5.74, 6) is 0.0926. The molecule has 2 rings (SSSR count). The molecular formula is C12H11BrFNO. The van der Waals surface area contributed by atoms with E-state index in [1.165, 1.54) is 13.2 Å². The Kier molecular flexibility index (Phi) is 2.90. The second-order valence-corrected chi connectivity index (χ2v) is 4.87. The molecule has 1 aliphatic carbocycles. The fourth-order valence-electron chi connectivity index (χ4n) is 2.02. The molecule has 16 heavy (non-hydrogen) atoms. The molecule has 2 nitrogen and oxygen atoms in total. The first-order valence-corrected chi connectivity index (χ1v) is 5.87. The lowest BCUT2D eigenvalue weighted by molar-refractivity contribution is 0.311. The smallest absolute Gasteiger partial charge is 0.135 e. The standard InChI is InChI=1S/C12H11BrFNO/c1-16-11-6-10(14)8(5-9(11)13)12(7-15)3-2-4-12/h5-6H,2-4H2,1H3. The molecule has 1 saturated carbocycles. The highest BCUT2D eigenvalue weighted by Gasteiger charge is 2.41. The molecule has 0 bridgehead atoms. The Morgan fingerprint density at radius 2 is 2.19 bits per heavy atom. The van der Waals surface area contributed by atoms with E-state index in [0.29, 0.717) is 15.8 Å². The fourth-order valence-corrected chi connectivity index (χ4v) is 2.53. The molecule has 1 aromatic carbocycles. The summed E-state index contributed by atoms with van der Waals surface area (Å²) in [5, 5.41) is 9.17. The third-order valence-corrected chi connectivity index (χ3v) is 3.80. The van der Waals surface area contributed by atoms with Crippen LogP contribution in [-0.4, -0.2) is 7.11 Å². The van der Waals surface area contributed by atoms with E-state index in [9.17, 15) is 4.39 Å². The van der Waals surface area contributed by atoms with E-state index in [0.717, 1.165) is 19.3 Å². The lowest BCUT2D eigenvalue weighted by atomic mass is 9.65. The van der Waals surface area contributed by atoms with Gasteiger partial charge in [-0.15, -0.1) is 0 Å². The number of rotatable bonds is 2. The lowest BCUT2D eigenvalue weighted by Crippen LogP contribution is -2.33. The largest absolute Gasteiger partial charge is 0.495 e. The van der Waals surface area contributed by atoms with Crippen LogP contribution in [0, 0.1) is 17.1 Å². The zero-order chi connectivity index (χ0) is 11.8. The molecule has 1 aliphatic rings. The van der Waals surface area contributed by atoms with E-state index in [1.54, 1.807) is 6.07 Å². The van der Waals surface area contributed by atoms with Crippen molar-refractivity contribution >= 4 is 15.9 Å². The first-order chi connectivity index (χ1) is 7.63. The molecule has 0 radical (unpaired) electrons. The molecule has 0 atom stereocenters. The monoisotopic (exact) mass is 283 g/mol. The van der Waals surface area contributed by atoms with Crippen LogP contribution < -0.4 is 4.74 Å². The topological polar surface area (TPSA) is 33.0 Å². The van der Waals surface area contributed by atoms with Crippen LogP contribution in [0.2, 0.25) is 0 Å². The molecule has 1 fully saturated rings. The van der Waals surface area contributed by atoms with Gasteiger partial charge in [0.2, 0.25) is 0 Å². The van der Waals surface area contributed by atoms with E-state index in [4.69, 9.17) is 10.00 Å². The first-order valence-electron chi connectivity index (χ1n) is 5.08. The van der Waals surface area contributed by atoms with Crippen molar-refractivity contribution in [2.45, 2.75) is 24.7 Å². The Labute approximate surface area is 102 Å². The number of ether oxygens (including phenoxy) is 1. The molecule has 0 amide bonds. The van der Waals surface area contributed by atoms with Gasteiger partial charge in [-0.1, -0.05) is 0 Å². The molecule has 0 aromatic heterocycles. The summed E-state index contributed by atoms with van der Waals surface area (Å²) >= 11 is 3.32. The van der Waals surface area contributed by atoms with Crippen molar-refractivity contribution in [2.75, 3.05) is 7.11 Å². The van der Waals surface area contributed by atoms with Crippen LogP contribution in [-0.2, 0) is 5.41 Å². The second-order valence-electron chi connectivity index (χ2n) is 4.01. The molecule has 84 valence electrons. The van der Waals surface area contributed by atoms with Gasteiger partial charge >= 0.3 is 0 Å². The minimum absolute atomic E-state index is 0.360. The van der Waals surface area contributed by atoms with Gasteiger partial charge in [0, 0.05) is 11.6 Å². The maximum absolute atomic E-state index is 13.9. The Morgan fingerprint density at radius 3 is 2.62 bits per heavy atom. The van der Waals surface area contributed by atoms with Gasteiger partial charge in [-0.3, -0.25) is 0 Å². The van der Waals surface area contributed by atoms with Gasteiger partial charge in [-0.25, -0.2) is 4.39 Å². The van der Waals surface area contributed by atoms with Gasteiger partial charge in [-0.2, -0.15) is 5.26 Å². The maximum atomic E-state index is 13.9. The summed E-state index contributed by atoms with van der Waals surface area (Å²) in [6.45, 7) is 0. The van der Waals surface area contributed by atoms with Crippen molar-refractivity contribution < 1.29 is 9.13 Å². The van der Waals surface area contributed by atoms with Crippen LogP contribution in [0.15, 0.2) is 16.6 Å². The van der Waals surface area contributed by atoms with Crippen LogP contribution in [0.5, 0.6) is 5.75 Å². The summed E-state index contributed by atoms with van der Waals surface area (Å²) in [6.07, 6.45) is 2.45. The number of nitrogens with zero attached hydrogens (tertiary/aromatic N) is 1. The summed E-state index contributed by atoms with van der Waals surface area (Å²) < 4.78 is 19.6. The number of nitriles is 1. The summed E-state index contributed by atoms with van der Waals surface area (Å²) in [5.41, 5.74) is -0.146. The molecule has 0 saturated heterocycles. The third kappa shape index (κ3) is 1.60. The Bertz CT molecular complexity index is 463. The minimum Gasteiger partial charge on any atom is -0.495 e. The summed E-state index contributed by atoms with van der Waals surface area (Å²) in [7, 11) is 1.49. The number of hydrogen-bond donors (Lipinski definition) is 0. The van der Waals surface area contributed by atoms with E-state index in [-0.39, 0.29) is 5.82 Å². The maximum Gasteiger partial charge on any atom is 0.135 e. The molecule has 0 heterocycles. The average Bonchev–Trinajstić information content (AvgIpc) is 2.22. The second kappa shape index (κ2) is 4.06. The van der Waals surface area contributed by atoms with Crippen LogP contribution in [0.1, 0.15) is 24.8 Å². The van der Waals surface area contributed by atoms with Crippen molar-refractivity contribution in [3.63, 3.8) is 0 Å². The number of methoxy groups -OCH3 is 1. The lowest BCUT2D eigenvalue weighted by Gasteiger charge is -2.36. The third-order valence-electron chi connectivity index (χ3n) is 3.18. The van der Waals surface area contributed by atoms with Crippen molar-refractivity contribution in [1.29, 1.82) is 5.26 Å². The van der Waals surface area contributed by atoms with Crippen molar-refractivity contribution in [3.05, 3.63) is 28.0 Å². The minimum atomic E-state index is -0.626. The molecular weight excluding hydrogens is 273 g/mol. The predicted octanol–water partition coefficient (Wildman–Crippen LogP) is 3.54. The Balaban J connectivity index is 2.50. The fraction of sp³-hybridized carbons (Fsp3) is 0.417. The van der Waals surface area contributed by atoms with Crippen molar-refractivity contribution in [2.24, 2.45) is 0 Å². The van der Waals surface area contributed by atoms with Crippen LogP contribution >= 0.6 is 15.9 Å². The molecule has 0 N–H and O–H groups in total. The van der Waals surface area contributed by atoms with Gasteiger partial charge in [0.15, 0.2) is 0 Å². The first kappa shape index (κ1) is 11.4. The quantitative estimate of drug-likeness (QED) is 0.832. The average molecular weight is 284 g/mol. The SMILES string of the molecule is COc1cc(F)c(C2(C#N)CCC2)cc1Br. The Hall–Kier alpha value is -1.08. The van der Waals surface area contributed by atoms with E-state index in [2.05, 4.69) is 22.0 Å². The molecule has 4 heteroatoms. The number of benzene rings is 1. The van der Waals surface area contributed by atoms with Gasteiger partial charge in [0.1, 0.15) is 11.6 Å². The highest BCUT2D eigenvalue weighted by molar-refractivity contribution is 9.10. The Morgan fingerprint density at radius 1 is 1.50 bits per heavy atom. The molecule has 0 unspecified atom stereocenters. The summed E-state index contributed by atoms with van der Waals surface area (Å²) in [6, 6.07) is 5.23. The predicted molar refractivity (Wildman–Crippen MR) is 61.8 cm³/mol. The highest BCUT2D eigenvalue weighted by atomic mass is 79.9. The van der Waals surface area contributed by atoms with E-state index >= 15 is 0 Å². The molecule has 0 aliphatic heterocycles. The van der Waals surface area contributed by atoms with E-state index < -0.39 is 5.41 Å². The van der Waals surface area contributed by atoms with Gasteiger partial charge in [0.25, 0.3) is 0 Å². The van der Waals surface area contributed by atoms with Crippen molar-refractivity contribution in [1.82, 2.24) is 0 Å². The zero-order valence-electron chi connectivity index (χ0n) is 8.89. The van der Waals surface area contributed by atoms with Gasteiger partial charge < -0.3 is 4.74 Å². The summed E-state index contributed by atoms with van der Waals surface area (Å²) in [4.78, 5) is 0. The van der Waals surface area contributed by atoms with E-state index in [1.807, 2.05) is 0 Å². The van der Waals surface area contributed by atoms with Crippen LogP contribution in [0.25, 0.3) is 0 Å². The molecule has 0 spiro atoms. The van der Waals surface area contributed by atoms with Gasteiger partial charge in [0.05, 0.1) is 23.1 Å².